The molecule has 0 saturated carbocycles. The van der Waals surface area contributed by atoms with Crippen molar-refractivity contribution in [3.63, 3.8) is 0 Å². The fourth-order valence-corrected chi connectivity index (χ4v) is 2.10. The molecule has 2 rings (SSSR count). The summed E-state index contributed by atoms with van der Waals surface area (Å²) in [6, 6.07) is 12.2. The van der Waals surface area contributed by atoms with Gasteiger partial charge in [-0.05, 0) is 37.1 Å². The molecule has 0 bridgehead atoms. The number of rotatable bonds is 4. The lowest BCUT2D eigenvalue weighted by Crippen LogP contribution is -2.19. The molecule has 1 N–H and O–H groups in total. The molecule has 0 aliphatic carbocycles. The van der Waals surface area contributed by atoms with E-state index in [-0.39, 0.29) is 6.04 Å². The van der Waals surface area contributed by atoms with Crippen LogP contribution < -0.4 is 5.32 Å². The average Bonchev–Trinajstić information content (AvgIpc) is 2.38. The van der Waals surface area contributed by atoms with Gasteiger partial charge in [0.1, 0.15) is 0 Å². The second-order valence-corrected chi connectivity index (χ2v) is 4.86. The minimum Gasteiger partial charge on any atom is -0.305 e. The first-order chi connectivity index (χ1) is 8.66. The van der Waals surface area contributed by atoms with Crippen molar-refractivity contribution in [2.24, 2.45) is 0 Å². The Morgan fingerprint density at radius 2 is 2.00 bits per heavy atom. The summed E-state index contributed by atoms with van der Waals surface area (Å²) >= 11 is 6.17. The van der Waals surface area contributed by atoms with Crippen LogP contribution in [0, 0.1) is 6.92 Å². The van der Waals surface area contributed by atoms with Gasteiger partial charge in [-0.15, -0.1) is 0 Å². The van der Waals surface area contributed by atoms with E-state index < -0.39 is 0 Å². The van der Waals surface area contributed by atoms with Gasteiger partial charge in [-0.25, -0.2) is 0 Å². The molecule has 1 unspecified atom stereocenters. The Bertz CT molecular complexity index is 508. The highest BCUT2D eigenvalue weighted by atomic mass is 35.5. The highest BCUT2D eigenvalue weighted by molar-refractivity contribution is 6.31. The number of aromatic nitrogens is 1. The van der Waals surface area contributed by atoms with Gasteiger partial charge < -0.3 is 5.32 Å². The third-order valence-corrected chi connectivity index (χ3v) is 3.28. The van der Waals surface area contributed by atoms with Crippen LogP contribution in [0.15, 0.2) is 42.6 Å². The number of nitrogens with one attached hydrogen (secondary N) is 1. The van der Waals surface area contributed by atoms with Crippen LogP contribution in [-0.2, 0) is 6.54 Å². The summed E-state index contributed by atoms with van der Waals surface area (Å²) in [5.41, 5.74) is 3.34. The zero-order valence-corrected chi connectivity index (χ0v) is 11.4. The molecule has 0 amide bonds. The van der Waals surface area contributed by atoms with Crippen LogP contribution in [0.3, 0.4) is 0 Å². The standard InChI is InChI=1S/C15H17ClN2/c1-11-7-8-13(18-9-11)10-17-12(2)14-5-3-4-6-15(14)16/h3-9,12,17H,10H2,1-2H3. The smallest absolute Gasteiger partial charge is 0.0542 e. The zero-order valence-electron chi connectivity index (χ0n) is 10.7. The van der Waals surface area contributed by atoms with Crippen molar-refractivity contribution >= 4 is 11.6 Å². The molecule has 0 saturated heterocycles. The van der Waals surface area contributed by atoms with Crippen LogP contribution in [0.25, 0.3) is 0 Å². The lowest BCUT2D eigenvalue weighted by Gasteiger charge is -2.15. The Balaban J connectivity index is 1.98. The number of hydrogen-bond donors (Lipinski definition) is 1. The molecule has 0 spiro atoms. The maximum absolute atomic E-state index is 6.17. The summed E-state index contributed by atoms with van der Waals surface area (Å²) in [6.07, 6.45) is 1.89. The van der Waals surface area contributed by atoms with Crippen molar-refractivity contribution in [1.29, 1.82) is 0 Å². The molecular formula is C15H17ClN2. The predicted molar refractivity (Wildman–Crippen MR) is 75.7 cm³/mol. The quantitative estimate of drug-likeness (QED) is 0.902. The monoisotopic (exact) mass is 260 g/mol. The van der Waals surface area contributed by atoms with E-state index in [2.05, 4.69) is 23.3 Å². The Morgan fingerprint density at radius 3 is 2.67 bits per heavy atom. The summed E-state index contributed by atoms with van der Waals surface area (Å²) in [5.74, 6) is 0. The summed E-state index contributed by atoms with van der Waals surface area (Å²) < 4.78 is 0. The lowest BCUT2D eigenvalue weighted by atomic mass is 10.1. The van der Waals surface area contributed by atoms with Gasteiger partial charge >= 0.3 is 0 Å². The third-order valence-electron chi connectivity index (χ3n) is 2.93. The molecule has 2 nitrogen and oxygen atoms in total. The van der Waals surface area contributed by atoms with E-state index in [1.54, 1.807) is 0 Å². The van der Waals surface area contributed by atoms with Crippen molar-refractivity contribution in [3.05, 3.63) is 64.4 Å². The minimum absolute atomic E-state index is 0.210. The van der Waals surface area contributed by atoms with Crippen molar-refractivity contribution in [1.82, 2.24) is 10.3 Å². The molecule has 1 heterocycles. The van der Waals surface area contributed by atoms with E-state index in [0.717, 1.165) is 22.8 Å². The maximum atomic E-state index is 6.17. The average molecular weight is 261 g/mol. The molecule has 94 valence electrons. The molecule has 0 radical (unpaired) electrons. The normalized spacial score (nSPS) is 12.4. The van der Waals surface area contributed by atoms with Gasteiger partial charge in [0.05, 0.1) is 5.69 Å². The Hall–Kier alpha value is -1.38. The van der Waals surface area contributed by atoms with Gasteiger partial charge in [0, 0.05) is 23.8 Å². The van der Waals surface area contributed by atoms with Gasteiger partial charge in [0.25, 0.3) is 0 Å². The van der Waals surface area contributed by atoms with Gasteiger partial charge in [-0.2, -0.15) is 0 Å². The Kier molecular flexibility index (Phi) is 4.34. The highest BCUT2D eigenvalue weighted by Crippen LogP contribution is 2.22. The second-order valence-electron chi connectivity index (χ2n) is 4.45. The first kappa shape index (κ1) is 13.1. The van der Waals surface area contributed by atoms with Crippen LogP contribution in [0.1, 0.15) is 29.8 Å². The van der Waals surface area contributed by atoms with Crippen LogP contribution in [0.5, 0.6) is 0 Å². The van der Waals surface area contributed by atoms with Crippen LogP contribution in [0.2, 0.25) is 5.02 Å². The molecule has 1 aromatic heterocycles. The lowest BCUT2D eigenvalue weighted by molar-refractivity contribution is 0.568. The van der Waals surface area contributed by atoms with E-state index >= 15 is 0 Å². The molecule has 0 aliphatic heterocycles. The topological polar surface area (TPSA) is 24.9 Å². The van der Waals surface area contributed by atoms with Crippen molar-refractivity contribution in [3.8, 4) is 0 Å². The molecule has 0 fully saturated rings. The van der Waals surface area contributed by atoms with Crippen LogP contribution >= 0.6 is 11.6 Å². The van der Waals surface area contributed by atoms with Crippen molar-refractivity contribution < 1.29 is 0 Å². The highest BCUT2D eigenvalue weighted by Gasteiger charge is 2.08. The number of hydrogen-bond acceptors (Lipinski definition) is 2. The third kappa shape index (κ3) is 3.31. The van der Waals surface area contributed by atoms with Crippen LogP contribution in [0.4, 0.5) is 0 Å². The van der Waals surface area contributed by atoms with E-state index in [1.165, 1.54) is 5.56 Å². The van der Waals surface area contributed by atoms with E-state index in [0.29, 0.717) is 0 Å². The van der Waals surface area contributed by atoms with Crippen LogP contribution in [-0.4, -0.2) is 4.98 Å². The summed E-state index contributed by atoms with van der Waals surface area (Å²) in [6.45, 7) is 4.89. The minimum atomic E-state index is 0.210. The molecule has 0 aliphatic rings. The first-order valence-electron chi connectivity index (χ1n) is 6.06. The van der Waals surface area contributed by atoms with E-state index in [4.69, 9.17) is 11.6 Å². The fraction of sp³-hybridized carbons (Fsp3) is 0.267. The number of benzene rings is 1. The zero-order chi connectivity index (χ0) is 13.0. The molecular weight excluding hydrogens is 244 g/mol. The summed E-state index contributed by atoms with van der Waals surface area (Å²) in [7, 11) is 0. The number of halogens is 1. The number of nitrogens with zero attached hydrogens (tertiary/aromatic N) is 1. The van der Waals surface area contributed by atoms with Crippen molar-refractivity contribution in [2.75, 3.05) is 0 Å². The van der Waals surface area contributed by atoms with Gasteiger partial charge in [0.15, 0.2) is 0 Å². The van der Waals surface area contributed by atoms with E-state index in [9.17, 15) is 0 Å². The molecule has 18 heavy (non-hydrogen) atoms. The van der Waals surface area contributed by atoms with Gasteiger partial charge in [-0.3, -0.25) is 4.98 Å². The van der Waals surface area contributed by atoms with E-state index in [1.807, 2.05) is 43.5 Å². The Labute approximate surface area is 113 Å². The van der Waals surface area contributed by atoms with Gasteiger partial charge in [0.2, 0.25) is 0 Å². The Morgan fingerprint density at radius 1 is 1.22 bits per heavy atom. The number of pyridine rings is 1. The fourth-order valence-electron chi connectivity index (χ4n) is 1.80. The first-order valence-corrected chi connectivity index (χ1v) is 6.44. The SMILES string of the molecule is Cc1ccc(CNC(C)c2ccccc2Cl)nc1. The second kappa shape index (κ2) is 5.98. The van der Waals surface area contributed by atoms with Crippen molar-refractivity contribution in [2.45, 2.75) is 26.4 Å². The molecule has 3 heteroatoms. The molecule has 1 atom stereocenters. The maximum Gasteiger partial charge on any atom is 0.0542 e. The predicted octanol–water partition coefficient (Wildman–Crippen LogP) is 3.89. The molecule has 1 aromatic carbocycles. The summed E-state index contributed by atoms with van der Waals surface area (Å²) in [5, 5.41) is 4.23. The molecule has 2 aromatic rings. The summed E-state index contributed by atoms with van der Waals surface area (Å²) in [4.78, 5) is 4.37. The number of aryl methyl sites for hydroxylation is 1. The largest absolute Gasteiger partial charge is 0.305 e. The van der Waals surface area contributed by atoms with Gasteiger partial charge in [-0.1, -0.05) is 35.9 Å².